The predicted octanol–water partition coefficient (Wildman–Crippen LogP) is 4.56. The van der Waals surface area contributed by atoms with Gasteiger partial charge in [0.05, 0.1) is 11.3 Å². The number of hydrogen-bond acceptors (Lipinski definition) is 3. The number of H-pyrrole nitrogens is 1. The van der Waals surface area contributed by atoms with Crippen molar-refractivity contribution in [3.05, 3.63) is 122 Å². The smallest absolute Gasteiger partial charge is 0.281 e. The molecular weight excluding hydrogens is 475 g/mol. The number of nitrogens with zero attached hydrogens (tertiary/aromatic N) is 2. The van der Waals surface area contributed by atoms with Gasteiger partial charge in [0.25, 0.3) is 11.5 Å². The highest BCUT2D eigenvalue weighted by Crippen LogP contribution is 2.16. The van der Waals surface area contributed by atoms with Crippen LogP contribution < -0.4 is 11.0 Å². The van der Waals surface area contributed by atoms with Crippen molar-refractivity contribution in [3.63, 3.8) is 0 Å². The van der Waals surface area contributed by atoms with Gasteiger partial charge in [-0.05, 0) is 49.4 Å². The molecule has 3 aromatic carbocycles. The molecule has 0 unspecified atom stereocenters. The van der Waals surface area contributed by atoms with Crippen LogP contribution in [0.4, 0.5) is 4.39 Å². The summed E-state index contributed by atoms with van der Waals surface area (Å²) < 4.78 is 16.8. The van der Waals surface area contributed by atoms with Gasteiger partial charge >= 0.3 is 0 Å². The lowest BCUT2D eigenvalue weighted by molar-refractivity contribution is 0.0955. The number of aromatic amines is 1. The molecule has 4 aromatic rings. The Balaban J connectivity index is 1.82. The normalized spacial score (nSPS) is 11.4. The van der Waals surface area contributed by atoms with Gasteiger partial charge < -0.3 is 0 Å². The van der Waals surface area contributed by atoms with Gasteiger partial charge in [-0.3, -0.25) is 14.7 Å². The molecule has 0 bridgehead atoms. The monoisotopic (exact) mass is 492 g/mol. The zero-order valence-electron chi connectivity index (χ0n) is 17.0. The maximum absolute atomic E-state index is 14.7. The van der Waals surface area contributed by atoms with Crippen LogP contribution in [0, 0.1) is 12.7 Å². The largest absolute Gasteiger partial charge is 0.295 e. The van der Waals surface area contributed by atoms with Crippen LogP contribution in [0.25, 0.3) is 5.69 Å². The second-order valence-corrected chi connectivity index (χ2v) is 7.90. The first kappa shape index (κ1) is 21.5. The van der Waals surface area contributed by atoms with Crippen LogP contribution in [-0.4, -0.2) is 21.4 Å². The van der Waals surface area contributed by atoms with E-state index in [9.17, 15) is 14.0 Å². The fourth-order valence-corrected chi connectivity index (χ4v) is 3.69. The van der Waals surface area contributed by atoms with Gasteiger partial charge in [-0.25, -0.2) is 14.5 Å². The van der Waals surface area contributed by atoms with Crippen molar-refractivity contribution in [2.24, 2.45) is 5.10 Å². The van der Waals surface area contributed by atoms with E-state index < -0.39 is 17.3 Å². The third-order valence-corrected chi connectivity index (χ3v) is 5.30. The average molecular weight is 493 g/mol. The Morgan fingerprint density at radius 1 is 1.03 bits per heavy atom. The standard InChI is InChI=1S/C24H18BrFN4O2/c1-15-21(24(32)30(29-15)18-10-3-2-4-11-18)22(19-12-5-6-13-20(19)26)27-28-23(31)16-8-7-9-17(25)14-16/h2-14,29H,1H3,(H,28,31)/b27-22-. The molecule has 0 atom stereocenters. The molecule has 0 aliphatic carbocycles. The van der Waals surface area contributed by atoms with E-state index in [0.717, 1.165) is 4.47 Å². The van der Waals surface area contributed by atoms with E-state index in [0.29, 0.717) is 16.9 Å². The minimum Gasteiger partial charge on any atom is -0.295 e. The van der Waals surface area contributed by atoms with E-state index in [1.54, 1.807) is 55.5 Å². The Labute approximate surface area is 191 Å². The van der Waals surface area contributed by atoms with Crippen molar-refractivity contribution in [2.75, 3.05) is 0 Å². The number of carbonyl (C=O) groups excluding carboxylic acids is 1. The van der Waals surface area contributed by atoms with Gasteiger partial charge in [-0.1, -0.05) is 52.3 Å². The van der Waals surface area contributed by atoms with Gasteiger partial charge in [0.15, 0.2) is 0 Å². The second-order valence-electron chi connectivity index (χ2n) is 6.98. The molecule has 1 amide bonds. The van der Waals surface area contributed by atoms with Crippen molar-refractivity contribution in [3.8, 4) is 5.69 Å². The quantitative estimate of drug-likeness (QED) is 0.316. The number of carbonyl (C=O) groups is 1. The van der Waals surface area contributed by atoms with Crippen molar-refractivity contribution in [1.29, 1.82) is 0 Å². The van der Waals surface area contributed by atoms with Crippen LogP contribution in [-0.2, 0) is 0 Å². The van der Waals surface area contributed by atoms with Crippen LogP contribution in [0.1, 0.15) is 27.2 Å². The van der Waals surface area contributed by atoms with Gasteiger partial charge in [0, 0.05) is 21.3 Å². The fraction of sp³-hybridized carbons (Fsp3) is 0.0417. The van der Waals surface area contributed by atoms with Crippen LogP contribution >= 0.6 is 15.9 Å². The summed E-state index contributed by atoms with van der Waals surface area (Å²) in [5.41, 5.74) is 3.80. The predicted molar refractivity (Wildman–Crippen MR) is 125 cm³/mol. The van der Waals surface area contributed by atoms with Crippen molar-refractivity contribution < 1.29 is 9.18 Å². The lowest BCUT2D eigenvalue weighted by atomic mass is 10.0. The minimum absolute atomic E-state index is 0.0277. The zero-order chi connectivity index (χ0) is 22.7. The molecule has 32 heavy (non-hydrogen) atoms. The summed E-state index contributed by atoms with van der Waals surface area (Å²) in [6.45, 7) is 1.70. The van der Waals surface area contributed by atoms with Gasteiger partial charge in [0.2, 0.25) is 0 Å². The molecule has 0 saturated carbocycles. The van der Waals surface area contributed by atoms with Crippen molar-refractivity contribution in [1.82, 2.24) is 15.2 Å². The van der Waals surface area contributed by atoms with Crippen LogP contribution in [0.5, 0.6) is 0 Å². The molecule has 6 nitrogen and oxygen atoms in total. The molecule has 160 valence electrons. The maximum atomic E-state index is 14.7. The van der Waals surface area contributed by atoms with Crippen molar-refractivity contribution >= 4 is 27.5 Å². The summed E-state index contributed by atoms with van der Waals surface area (Å²) in [6.07, 6.45) is 0. The summed E-state index contributed by atoms with van der Waals surface area (Å²) in [5, 5.41) is 7.20. The van der Waals surface area contributed by atoms with Gasteiger partial charge in [-0.15, -0.1) is 0 Å². The number of para-hydroxylation sites is 1. The van der Waals surface area contributed by atoms with Crippen LogP contribution in [0.3, 0.4) is 0 Å². The highest BCUT2D eigenvalue weighted by atomic mass is 79.9. The first-order valence-corrected chi connectivity index (χ1v) is 10.5. The number of hydrazone groups is 1. The Morgan fingerprint density at radius 2 is 1.75 bits per heavy atom. The summed E-state index contributed by atoms with van der Waals surface area (Å²) in [4.78, 5) is 25.9. The highest BCUT2D eigenvalue weighted by molar-refractivity contribution is 9.10. The Morgan fingerprint density at radius 3 is 2.47 bits per heavy atom. The number of nitrogens with one attached hydrogen (secondary N) is 2. The Kier molecular flexibility index (Phi) is 6.13. The number of aryl methyl sites for hydroxylation is 1. The summed E-state index contributed by atoms with van der Waals surface area (Å²) >= 11 is 3.32. The van der Waals surface area contributed by atoms with E-state index in [4.69, 9.17) is 0 Å². The zero-order valence-corrected chi connectivity index (χ0v) is 18.6. The number of hydrogen-bond donors (Lipinski definition) is 2. The fourth-order valence-electron chi connectivity index (χ4n) is 3.29. The average Bonchev–Trinajstić information content (AvgIpc) is 3.09. The maximum Gasteiger partial charge on any atom is 0.281 e. The topological polar surface area (TPSA) is 79.2 Å². The third kappa shape index (κ3) is 4.31. The minimum atomic E-state index is -0.561. The molecule has 1 aromatic heterocycles. The number of rotatable bonds is 5. The molecule has 0 fully saturated rings. The molecule has 1 heterocycles. The van der Waals surface area contributed by atoms with E-state index in [1.165, 1.54) is 16.8 Å². The molecule has 0 aliphatic heterocycles. The lowest BCUT2D eigenvalue weighted by Gasteiger charge is -2.08. The van der Waals surface area contributed by atoms with Crippen LogP contribution in [0.2, 0.25) is 0 Å². The van der Waals surface area contributed by atoms with E-state index in [1.807, 2.05) is 18.2 Å². The second kappa shape index (κ2) is 9.15. The van der Waals surface area contributed by atoms with E-state index >= 15 is 0 Å². The molecule has 8 heteroatoms. The number of aromatic nitrogens is 2. The molecule has 2 N–H and O–H groups in total. The number of benzene rings is 3. The van der Waals surface area contributed by atoms with Crippen molar-refractivity contribution in [2.45, 2.75) is 6.92 Å². The third-order valence-electron chi connectivity index (χ3n) is 4.81. The van der Waals surface area contributed by atoms with E-state index in [2.05, 4.69) is 31.6 Å². The summed E-state index contributed by atoms with van der Waals surface area (Å²) in [6, 6.07) is 21.8. The van der Waals surface area contributed by atoms with E-state index in [-0.39, 0.29) is 16.8 Å². The molecule has 0 spiro atoms. The van der Waals surface area contributed by atoms with Gasteiger partial charge in [0.1, 0.15) is 11.5 Å². The first-order valence-electron chi connectivity index (χ1n) is 9.71. The molecule has 0 saturated heterocycles. The molecule has 4 rings (SSSR count). The first-order chi connectivity index (χ1) is 15.5. The molecule has 0 radical (unpaired) electrons. The van der Waals surface area contributed by atoms with Gasteiger partial charge in [-0.2, -0.15) is 5.10 Å². The molecule has 0 aliphatic rings. The van der Waals surface area contributed by atoms with Crippen LogP contribution in [0.15, 0.2) is 93.2 Å². The molecular formula is C24H18BrFN4O2. The SMILES string of the molecule is Cc1[nH]n(-c2ccccc2)c(=O)c1/C(=N\NC(=O)c1cccc(Br)c1)c1ccccc1F. The Hall–Kier alpha value is -3.78. The number of amides is 1. The summed E-state index contributed by atoms with van der Waals surface area (Å²) in [5.74, 6) is -1.05. The summed E-state index contributed by atoms with van der Waals surface area (Å²) in [7, 11) is 0. The Bertz CT molecular complexity index is 1380. The number of halogens is 2. The lowest BCUT2D eigenvalue weighted by Crippen LogP contribution is -2.26. The highest BCUT2D eigenvalue weighted by Gasteiger charge is 2.22.